The molecule has 0 fully saturated rings. The van der Waals surface area contributed by atoms with E-state index in [4.69, 9.17) is 17.3 Å². The van der Waals surface area contributed by atoms with Gasteiger partial charge >= 0.3 is 5.00 Å². The molecule has 0 saturated carbocycles. The number of hydrogen-bond donors (Lipinski definition) is 1. The van der Waals surface area contributed by atoms with Crippen molar-refractivity contribution in [3.05, 3.63) is 37.8 Å². The predicted octanol–water partition coefficient (Wildman–Crippen LogP) is 2.45. The molecule has 2 N–H and O–H groups in total. The van der Waals surface area contributed by atoms with E-state index < -0.39 is 4.92 Å². The van der Waals surface area contributed by atoms with Crippen molar-refractivity contribution in [1.82, 2.24) is 9.78 Å². The van der Waals surface area contributed by atoms with E-state index in [1.807, 2.05) is 0 Å². The van der Waals surface area contributed by atoms with Gasteiger partial charge in [0.25, 0.3) is 0 Å². The van der Waals surface area contributed by atoms with Crippen molar-refractivity contribution in [2.24, 2.45) is 0 Å². The van der Waals surface area contributed by atoms with Gasteiger partial charge in [-0.25, -0.2) is 4.68 Å². The molecular weight excluding hydrogens is 264 g/mol. The number of rotatable bonds is 3. The number of anilines is 1. The molecule has 0 amide bonds. The van der Waals surface area contributed by atoms with Gasteiger partial charge < -0.3 is 5.73 Å². The Kier molecular flexibility index (Phi) is 3.03. The molecule has 0 aromatic carbocycles. The van der Waals surface area contributed by atoms with Crippen LogP contribution in [-0.4, -0.2) is 14.7 Å². The molecule has 0 spiro atoms. The first-order chi connectivity index (χ1) is 7.99. The third kappa shape index (κ3) is 2.25. The molecular formula is C9H9ClN4O2S. The highest BCUT2D eigenvalue weighted by Crippen LogP contribution is 2.27. The Labute approximate surface area is 106 Å². The summed E-state index contributed by atoms with van der Waals surface area (Å²) >= 11 is 7.01. The molecule has 0 aliphatic heterocycles. The molecule has 0 atom stereocenters. The smallest absolute Gasteiger partial charge is 0.324 e. The lowest BCUT2D eigenvalue weighted by Crippen LogP contribution is -2.04. The normalized spacial score (nSPS) is 10.7. The van der Waals surface area contributed by atoms with Crippen molar-refractivity contribution >= 4 is 33.8 Å². The van der Waals surface area contributed by atoms with E-state index in [0.29, 0.717) is 23.1 Å². The van der Waals surface area contributed by atoms with Crippen LogP contribution >= 0.6 is 22.9 Å². The van der Waals surface area contributed by atoms with Gasteiger partial charge in [0.2, 0.25) is 0 Å². The molecule has 2 aromatic heterocycles. The number of nitrogens with two attached hydrogens (primary N) is 1. The molecule has 2 rings (SSSR count). The topological polar surface area (TPSA) is 87.0 Å². The summed E-state index contributed by atoms with van der Waals surface area (Å²) < 4.78 is 1.53. The molecule has 6 nitrogen and oxygen atoms in total. The van der Waals surface area contributed by atoms with E-state index in [1.54, 1.807) is 13.0 Å². The maximum atomic E-state index is 10.5. The van der Waals surface area contributed by atoms with E-state index in [2.05, 4.69) is 5.10 Å². The van der Waals surface area contributed by atoms with E-state index in [-0.39, 0.29) is 5.00 Å². The van der Waals surface area contributed by atoms with E-state index >= 15 is 0 Å². The van der Waals surface area contributed by atoms with Crippen molar-refractivity contribution in [1.29, 1.82) is 0 Å². The highest BCUT2D eigenvalue weighted by molar-refractivity contribution is 7.15. The minimum atomic E-state index is -0.418. The van der Waals surface area contributed by atoms with Crippen LogP contribution in [0.3, 0.4) is 0 Å². The first-order valence-electron chi connectivity index (χ1n) is 4.70. The first-order valence-corrected chi connectivity index (χ1v) is 5.90. The molecule has 90 valence electrons. The van der Waals surface area contributed by atoms with Crippen LogP contribution in [0.4, 0.5) is 10.8 Å². The van der Waals surface area contributed by atoms with Gasteiger partial charge in [-0.2, -0.15) is 5.10 Å². The Morgan fingerprint density at radius 2 is 2.35 bits per heavy atom. The summed E-state index contributed by atoms with van der Waals surface area (Å²) in [5.41, 5.74) is 6.41. The molecule has 0 aliphatic rings. The number of nitro groups is 1. The predicted molar refractivity (Wildman–Crippen MR) is 66.5 cm³/mol. The van der Waals surface area contributed by atoms with Crippen LogP contribution in [0, 0.1) is 17.0 Å². The second-order valence-corrected chi connectivity index (χ2v) is 4.96. The number of aromatic nitrogens is 2. The number of hydrogen-bond acceptors (Lipinski definition) is 5. The van der Waals surface area contributed by atoms with Gasteiger partial charge in [-0.05, 0) is 13.0 Å². The van der Waals surface area contributed by atoms with Crippen molar-refractivity contribution in [2.45, 2.75) is 13.5 Å². The van der Waals surface area contributed by atoms with Crippen LogP contribution in [0.25, 0.3) is 0 Å². The van der Waals surface area contributed by atoms with E-state index in [0.717, 1.165) is 16.2 Å². The Balaban J connectivity index is 2.25. The van der Waals surface area contributed by atoms with Gasteiger partial charge in [-0.1, -0.05) is 22.9 Å². The zero-order valence-electron chi connectivity index (χ0n) is 8.88. The SMILES string of the molecule is Cc1nn(Cc2ccc([N+](=O)[O-])s2)c(N)c1Cl. The molecule has 2 aromatic rings. The fourth-order valence-corrected chi connectivity index (χ4v) is 2.33. The molecule has 0 saturated heterocycles. The fourth-order valence-electron chi connectivity index (χ4n) is 1.40. The summed E-state index contributed by atoms with van der Waals surface area (Å²) in [4.78, 5) is 10.9. The van der Waals surface area contributed by atoms with E-state index in [9.17, 15) is 10.1 Å². The fraction of sp³-hybridized carbons (Fsp3) is 0.222. The van der Waals surface area contributed by atoms with Crippen LogP contribution in [0.5, 0.6) is 0 Å². The summed E-state index contributed by atoms with van der Waals surface area (Å²) in [6.45, 7) is 2.14. The van der Waals surface area contributed by atoms with Gasteiger partial charge in [0.1, 0.15) is 10.8 Å². The number of aryl methyl sites for hydroxylation is 1. The zero-order chi connectivity index (χ0) is 12.6. The minimum Gasteiger partial charge on any atom is -0.383 e. The van der Waals surface area contributed by atoms with E-state index in [1.165, 1.54) is 10.7 Å². The van der Waals surface area contributed by atoms with Crippen molar-refractivity contribution in [2.75, 3.05) is 5.73 Å². The third-order valence-corrected chi connectivity index (χ3v) is 3.71. The van der Waals surface area contributed by atoms with Gasteiger partial charge in [-0.15, -0.1) is 0 Å². The molecule has 2 heterocycles. The summed E-state index contributed by atoms with van der Waals surface area (Å²) in [6, 6.07) is 3.15. The largest absolute Gasteiger partial charge is 0.383 e. The number of halogens is 1. The van der Waals surface area contributed by atoms with Gasteiger partial charge in [0.15, 0.2) is 0 Å². The molecule has 0 unspecified atom stereocenters. The average molecular weight is 273 g/mol. The van der Waals surface area contributed by atoms with Crippen LogP contribution in [0.2, 0.25) is 5.02 Å². The number of nitrogens with zero attached hydrogens (tertiary/aromatic N) is 3. The highest BCUT2D eigenvalue weighted by Gasteiger charge is 2.14. The Hall–Kier alpha value is -1.60. The minimum absolute atomic E-state index is 0.105. The van der Waals surface area contributed by atoms with Gasteiger partial charge in [-0.3, -0.25) is 10.1 Å². The van der Waals surface area contributed by atoms with Crippen LogP contribution < -0.4 is 5.73 Å². The number of nitrogen functional groups attached to an aromatic ring is 1. The summed E-state index contributed by atoms with van der Waals surface area (Å²) in [6.07, 6.45) is 0. The quantitative estimate of drug-likeness (QED) is 0.687. The molecule has 8 heteroatoms. The van der Waals surface area contributed by atoms with Crippen molar-refractivity contribution in [3.63, 3.8) is 0 Å². The van der Waals surface area contributed by atoms with Crippen LogP contribution in [-0.2, 0) is 6.54 Å². The maximum absolute atomic E-state index is 10.5. The van der Waals surface area contributed by atoms with Crippen molar-refractivity contribution in [3.8, 4) is 0 Å². The van der Waals surface area contributed by atoms with Crippen LogP contribution in [0.15, 0.2) is 12.1 Å². The second kappa shape index (κ2) is 4.34. The Morgan fingerprint density at radius 1 is 1.65 bits per heavy atom. The van der Waals surface area contributed by atoms with Crippen molar-refractivity contribution < 1.29 is 4.92 Å². The summed E-state index contributed by atoms with van der Waals surface area (Å²) in [5.74, 6) is 0.375. The monoisotopic (exact) mass is 272 g/mol. The Morgan fingerprint density at radius 3 is 2.82 bits per heavy atom. The highest BCUT2D eigenvalue weighted by atomic mass is 35.5. The van der Waals surface area contributed by atoms with Crippen LogP contribution in [0.1, 0.15) is 10.6 Å². The zero-order valence-corrected chi connectivity index (χ0v) is 10.5. The maximum Gasteiger partial charge on any atom is 0.324 e. The molecule has 0 bridgehead atoms. The van der Waals surface area contributed by atoms with Gasteiger partial charge in [0, 0.05) is 10.9 Å². The average Bonchev–Trinajstić information content (AvgIpc) is 2.82. The lowest BCUT2D eigenvalue weighted by molar-refractivity contribution is -0.380. The first kappa shape index (κ1) is 11.9. The summed E-state index contributed by atoms with van der Waals surface area (Å²) in [7, 11) is 0. The lowest BCUT2D eigenvalue weighted by atomic mass is 10.4. The molecule has 17 heavy (non-hydrogen) atoms. The number of thiophene rings is 1. The standard InChI is InChI=1S/C9H9ClN4O2S/c1-5-8(10)9(11)13(12-5)4-6-2-3-7(17-6)14(15)16/h2-3H,4,11H2,1H3. The molecule has 0 radical (unpaired) electrons. The lowest BCUT2D eigenvalue weighted by Gasteiger charge is -2.00. The third-order valence-electron chi connectivity index (χ3n) is 2.22. The Bertz CT molecular complexity index is 578. The second-order valence-electron chi connectivity index (χ2n) is 3.44. The van der Waals surface area contributed by atoms with Gasteiger partial charge in [0.05, 0.1) is 17.2 Å². The summed E-state index contributed by atoms with van der Waals surface area (Å²) in [5, 5.41) is 15.2. The molecule has 0 aliphatic carbocycles.